The lowest BCUT2D eigenvalue weighted by atomic mass is 9.85. The molecule has 0 saturated heterocycles. The van der Waals surface area contributed by atoms with Crippen molar-refractivity contribution in [3.05, 3.63) is 59.7 Å². The maximum Gasteiger partial charge on any atom is 0.251 e. The van der Waals surface area contributed by atoms with Gasteiger partial charge in [0.25, 0.3) is 5.91 Å². The summed E-state index contributed by atoms with van der Waals surface area (Å²) in [7, 11) is 0. The molecule has 4 nitrogen and oxygen atoms in total. The van der Waals surface area contributed by atoms with Crippen LogP contribution in [0.3, 0.4) is 0 Å². The van der Waals surface area contributed by atoms with Crippen LogP contribution in [0.4, 0.5) is 0 Å². The number of aryl methyl sites for hydroxylation is 1. The van der Waals surface area contributed by atoms with Gasteiger partial charge in [-0.15, -0.1) is 0 Å². The highest BCUT2D eigenvalue weighted by Gasteiger charge is 2.27. The quantitative estimate of drug-likeness (QED) is 0.187. The van der Waals surface area contributed by atoms with Crippen molar-refractivity contribution in [3.8, 4) is 11.5 Å². The predicted octanol–water partition coefficient (Wildman–Crippen LogP) is 8.66. The lowest BCUT2D eigenvalue weighted by Gasteiger charge is -2.32. The Morgan fingerprint density at radius 2 is 1.41 bits per heavy atom. The molecule has 2 rings (SSSR count). The molecule has 0 radical (unpaired) electrons. The molecular formula is C33H51NO3. The standard InChI is InChI=1S/C33H51NO3/c1-25(2)12-9-13-26(3)14-10-15-27(4)16-11-22-33(5,34-32(37)28-17-7-6-8-18-28)23-21-29-24-30(35)19-20-31(29)36/h6-8,17-20,24-27,35-36H,9-16,21-23H2,1-5H3,(H,34,37). The molecule has 0 saturated carbocycles. The van der Waals surface area contributed by atoms with Crippen molar-refractivity contribution in [2.45, 2.75) is 111 Å². The number of benzene rings is 2. The van der Waals surface area contributed by atoms with Crippen molar-refractivity contribution >= 4 is 5.91 Å². The fourth-order valence-electron chi connectivity index (χ4n) is 5.19. The number of nitrogens with one attached hydrogen (secondary N) is 1. The largest absolute Gasteiger partial charge is 0.508 e. The highest BCUT2D eigenvalue weighted by Crippen LogP contribution is 2.29. The van der Waals surface area contributed by atoms with Gasteiger partial charge in [-0.1, -0.05) is 97.3 Å². The normalized spacial score (nSPS) is 14.8. The van der Waals surface area contributed by atoms with E-state index in [-0.39, 0.29) is 17.4 Å². The van der Waals surface area contributed by atoms with E-state index in [0.717, 1.165) is 31.1 Å². The van der Waals surface area contributed by atoms with Crippen molar-refractivity contribution in [2.24, 2.45) is 17.8 Å². The molecule has 4 heteroatoms. The minimum absolute atomic E-state index is 0.0669. The van der Waals surface area contributed by atoms with E-state index in [0.29, 0.717) is 29.9 Å². The van der Waals surface area contributed by atoms with E-state index in [1.54, 1.807) is 6.07 Å². The number of hydrogen-bond acceptors (Lipinski definition) is 3. The third-order valence-electron chi connectivity index (χ3n) is 7.76. The average Bonchev–Trinajstić information content (AvgIpc) is 2.85. The third-order valence-corrected chi connectivity index (χ3v) is 7.76. The van der Waals surface area contributed by atoms with Crippen LogP contribution in [0.5, 0.6) is 11.5 Å². The Bertz CT molecular complexity index is 926. The molecule has 0 aliphatic carbocycles. The van der Waals surface area contributed by atoms with E-state index in [1.165, 1.54) is 50.7 Å². The van der Waals surface area contributed by atoms with Crippen LogP contribution in [-0.4, -0.2) is 21.7 Å². The lowest BCUT2D eigenvalue weighted by Crippen LogP contribution is -2.46. The van der Waals surface area contributed by atoms with Crippen molar-refractivity contribution in [3.63, 3.8) is 0 Å². The molecule has 0 fully saturated rings. The Balaban J connectivity index is 1.88. The molecule has 206 valence electrons. The molecule has 0 aliphatic heterocycles. The van der Waals surface area contributed by atoms with Crippen LogP contribution in [0.2, 0.25) is 0 Å². The maximum absolute atomic E-state index is 13.0. The minimum atomic E-state index is -0.407. The number of amides is 1. The van der Waals surface area contributed by atoms with Gasteiger partial charge in [0.05, 0.1) is 0 Å². The SMILES string of the molecule is CC(C)CCCC(C)CCCC(C)CCCC(C)(CCc1cc(O)ccc1O)NC(=O)c1ccccc1. The molecule has 1 amide bonds. The van der Waals surface area contributed by atoms with Crippen LogP contribution < -0.4 is 5.32 Å². The van der Waals surface area contributed by atoms with Gasteiger partial charge in [-0.2, -0.15) is 0 Å². The van der Waals surface area contributed by atoms with Crippen molar-refractivity contribution in [1.29, 1.82) is 0 Å². The van der Waals surface area contributed by atoms with Gasteiger partial charge in [0.2, 0.25) is 0 Å². The van der Waals surface area contributed by atoms with E-state index in [9.17, 15) is 15.0 Å². The summed E-state index contributed by atoms with van der Waals surface area (Å²) in [5, 5.41) is 23.4. The average molecular weight is 510 g/mol. The van der Waals surface area contributed by atoms with Gasteiger partial charge >= 0.3 is 0 Å². The predicted molar refractivity (Wildman–Crippen MR) is 155 cm³/mol. The summed E-state index contributed by atoms with van der Waals surface area (Å²) in [5.74, 6) is 2.56. The van der Waals surface area contributed by atoms with E-state index < -0.39 is 5.54 Å². The number of carbonyl (C=O) groups excluding carboxylic acids is 1. The molecule has 0 aliphatic rings. The van der Waals surface area contributed by atoms with E-state index >= 15 is 0 Å². The Kier molecular flexibility index (Phi) is 13.0. The van der Waals surface area contributed by atoms with Gasteiger partial charge in [-0.05, 0) is 79.8 Å². The monoisotopic (exact) mass is 509 g/mol. The summed E-state index contributed by atoms with van der Waals surface area (Å²) < 4.78 is 0. The second-order valence-electron chi connectivity index (χ2n) is 12.1. The Morgan fingerprint density at radius 1 is 0.811 bits per heavy atom. The zero-order valence-electron chi connectivity index (χ0n) is 23.9. The van der Waals surface area contributed by atoms with E-state index in [1.807, 2.05) is 30.3 Å². The topological polar surface area (TPSA) is 69.6 Å². The van der Waals surface area contributed by atoms with Gasteiger partial charge in [-0.25, -0.2) is 0 Å². The second-order valence-corrected chi connectivity index (χ2v) is 12.1. The molecular weight excluding hydrogens is 458 g/mol. The first kappa shape index (κ1) is 30.7. The number of rotatable bonds is 17. The Morgan fingerprint density at radius 3 is 2.03 bits per heavy atom. The second kappa shape index (κ2) is 15.7. The molecule has 0 heterocycles. The fourth-order valence-corrected chi connectivity index (χ4v) is 5.19. The number of phenolic OH excluding ortho intramolecular Hbond substituents is 2. The van der Waals surface area contributed by atoms with Crippen LogP contribution in [0.1, 0.15) is 115 Å². The number of hydrogen-bond donors (Lipinski definition) is 3. The summed E-state index contributed by atoms with van der Waals surface area (Å²) in [6, 6.07) is 14.0. The highest BCUT2D eigenvalue weighted by molar-refractivity contribution is 5.94. The van der Waals surface area contributed by atoms with Crippen LogP contribution in [0.15, 0.2) is 48.5 Å². The maximum atomic E-state index is 13.0. The molecule has 37 heavy (non-hydrogen) atoms. The third kappa shape index (κ3) is 12.1. The van der Waals surface area contributed by atoms with Crippen LogP contribution in [0, 0.1) is 17.8 Å². The summed E-state index contributed by atoms with van der Waals surface area (Å²) in [5.41, 5.74) is 0.955. The molecule has 2 aromatic rings. The highest BCUT2D eigenvalue weighted by atomic mass is 16.3. The summed E-state index contributed by atoms with van der Waals surface area (Å²) in [4.78, 5) is 13.0. The molecule has 3 N–H and O–H groups in total. The van der Waals surface area contributed by atoms with Crippen molar-refractivity contribution < 1.29 is 15.0 Å². The Hall–Kier alpha value is -2.49. The minimum Gasteiger partial charge on any atom is -0.508 e. The fraction of sp³-hybridized carbons (Fsp3) is 0.606. The zero-order chi connectivity index (χ0) is 27.3. The Labute approximate surface area is 225 Å². The van der Waals surface area contributed by atoms with Crippen LogP contribution >= 0.6 is 0 Å². The first-order valence-electron chi connectivity index (χ1n) is 14.5. The molecule has 3 unspecified atom stereocenters. The number of phenols is 2. The van der Waals surface area contributed by atoms with Gasteiger partial charge < -0.3 is 15.5 Å². The first-order valence-corrected chi connectivity index (χ1v) is 14.5. The molecule has 0 aromatic heterocycles. The lowest BCUT2D eigenvalue weighted by molar-refractivity contribution is 0.0893. The van der Waals surface area contributed by atoms with Crippen LogP contribution in [-0.2, 0) is 6.42 Å². The number of aromatic hydroxyl groups is 2. The summed E-state index contributed by atoms with van der Waals surface area (Å²) in [6.07, 6.45) is 12.2. The van der Waals surface area contributed by atoms with E-state index in [4.69, 9.17) is 0 Å². The zero-order valence-corrected chi connectivity index (χ0v) is 23.9. The first-order chi connectivity index (χ1) is 17.6. The molecule has 3 atom stereocenters. The van der Waals surface area contributed by atoms with Crippen molar-refractivity contribution in [1.82, 2.24) is 5.32 Å². The van der Waals surface area contributed by atoms with Crippen molar-refractivity contribution in [2.75, 3.05) is 0 Å². The molecule has 0 bridgehead atoms. The molecule has 2 aromatic carbocycles. The van der Waals surface area contributed by atoms with Gasteiger partial charge in [0.15, 0.2) is 0 Å². The smallest absolute Gasteiger partial charge is 0.251 e. The molecule has 0 spiro atoms. The number of carbonyl (C=O) groups is 1. The van der Waals surface area contributed by atoms with Gasteiger partial charge in [0.1, 0.15) is 11.5 Å². The van der Waals surface area contributed by atoms with Crippen LogP contribution in [0.25, 0.3) is 0 Å². The van der Waals surface area contributed by atoms with Gasteiger partial charge in [0, 0.05) is 11.1 Å². The van der Waals surface area contributed by atoms with Gasteiger partial charge in [-0.3, -0.25) is 4.79 Å². The van der Waals surface area contributed by atoms with E-state index in [2.05, 4.69) is 39.9 Å². The summed E-state index contributed by atoms with van der Waals surface area (Å²) in [6.45, 7) is 11.5. The summed E-state index contributed by atoms with van der Waals surface area (Å²) >= 11 is 0.